The number of aryl methyl sites for hydroxylation is 2. The molecule has 2 rings (SSSR count). The van der Waals surface area contributed by atoms with E-state index in [1.165, 1.54) is 5.69 Å². The molecule has 0 spiro atoms. The molecule has 4 heteroatoms. The van der Waals surface area contributed by atoms with Crippen LogP contribution in [-0.2, 0) is 20.1 Å². The van der Waals surface area contributed by atoms with Gasteiger partial charge in [-0.05, 0) is 19.1 Å². The Hall–Kier alpha value is -1.55. The molecule has 2 aromatic heterocycles. The van der Waals surface area contributed by atoms with Gasteiger partial charge in [-0.25, -0.2) is 0 Å². The third kappa shape index (κ3) is 2.47. The van der Waals surface area contributed by atoms with Gasteiger partial charge in [0.15, 0.2) is 0 Å². The highest BCUT2D eigenvalue weighted by molar-refractivity contribution is 5.07. The Bertz CT molecular complexity index is 430. The Morgan fingerprint density at radius 2 is 2.33 bits per heavy atom. The monoisotopic (exact) mass is 205 g/mol. The average molecular weight is 205 g/mol. The van der Waals surface area contributed by atoms with Gasteiger partial charge < -0.3 is 14.4 Å². The van der Waals surface area contributed by atoms with Crippen molar-refractivity contribution in [1.29, 1.82) is 0 Å². The van der Waals surface area contributed by atoms with Gasteiger partial charge in [-0.1, -0.05) is 5.16 Å². The normalized spacial score (nSPS) is 10.8. The van der Waals surface area contributed by atoms with Crippen LogP contribution in [0.15, 0.2) is 28.9 Å². The van der Waals surface area contributed by atoms with Crippen molar-refractivity contribution in [2.24, 2.45) is 7.05 Å². The molecule has 0 saturated carbocycles. The average Bonchev–Trinajstić information content (AvgIpc) is 2.77. The van der Waals surface area contributed by atoms with E-state index in [9.17, 15) is 0 Å². The third-order valence-electron chi connectivity index (χ3n) is 2.34. The van der Waals surface area contributed by atoms with Crippen LogP contribution in [0.4, 0.5) is 0 Å². The van der Waals surface area contributed by atoms with Crippen LogP contribution < -0.4 is 5.32 Å². The van der Waals surface area contributed by atoms with E-state index in [-0.39, 0.29) is 0 Å². The van der Waals surface area contributed by atoms with Crippen molar-refractivity contribution in [1.82, 2.24) is 15.0 Å². The SMILES string of the molecule is Cc1cc(CNCc2cccn2C)no1. The number of hydrogen-bond acceptors (Lipinski definition) is 3. The summed E-state index contributed by atoms with van der Waals surface area (Å²) < 4.78 is 7.08. The molecule has 0 amide bonds. The van der Waals surface area contributed by atoms with Crippen LogP contribution in [0.3, 0.4) is 0 Å². The predicted octanol–water partition coefficient (Wildman–Crippen LogP) is 1.61. The molecule has 0 atom stereocenters. The minimum Gasteiger partial charge on any atom is -0.361 e. The van der Waals surface area contributed by atoms with Crippen LogP contribution in [-0.4, -0.2) is 9.72 Å². The summed E-state index contributed by atoms with van der Waals surface area (Å²) in [6.45, 7) is 3.48. The van der Waals surface area contributed by atoms with E-state index in [1.54, 1.807) is 0 Å². The van der Waals surface area contributed by atoms with Crippen LogP contribution >= 0.6 is 0 Å². The summed E-state index contributed by atoms with van der Waals surface area (Å²) in [5.74, 6) is 0.852. The second kappa shape index (κ2) is 4.31. The largest absolute Gasteiger partial charge is 0.361 e. The van der Waals surface area contributed by atoms with Crippen molar-refractivity contribution in [3.63, 3.8) is 0 Å². The first-order valence-corrected chi connectivity index (χ1v) is 4.99. The van der Waals surface area contributed by atoms with Gasteiger partial charge in [0.2, 0.25) is 0 Å². The fourth-order valence-corrected chi connectivity index (χ4v) is 1.50. The first-order chi connectivity index (χ1) is 7.25. The lowest BCUT2D eigenvalue weighted by molar-refractivity contribution is 0.388. The summed E-state index contributed by atoms with van der Waals surface area (Å²) in [6, 6.07) is 6.08. The molecule has 0 aliphatic rings. The van der Waals surface area contributed by atoms with Crippen molar-refractivity contribution in [2.75, 3.05) is 0 Å². The Morgan fingerprint density at radius 3 is 2.93 bits per heavy atom. The van der Waals surface area contributed by atoms with Gasteiger partial charge in [0, 0.05) is 38.1 Å². The molecule has 0 bridgehead atoms. The Balaban J connectivity index is 1.83. The van der Waals surface area contributed by atoms with E-state index in [0.29, 0.717) is 0 Å². The molecule has 80 valence electrons. The van der Waals surface area contributed by atoms with Crippen molar-refractivity contribution in [3.05, 3.63) is 41.5 Å². The summed E-state index contributed by atoms with van der Waals surface area (Å²) in [6.07, 6.45) is 2.04. The first-order valence-electron chi connectivity index (χ1n) is 4.99. The maximum Gasteiger partial charge on any atom is 0.133 e. The molecule has 0 aliphatic carbocycles. The zero-order chi connectivity index (χ0) is 10.7. The molecule has 0 unspecified atom stereocenters. The second-order valence-electron chi connectivity index (χ2n) is 3.64. The summed E-state index contributed by atoms with van der Waals surface area (Å²) in [7, 11) is 2.04. The molecular formula is C11H15N3O. The minimum absolute atomic E-state index is 0.739. The predicted molar refractivity (Wildman–Crippen MR) is 57.2 cm³/mol. The molecule has 0 aromatic carbocycles. The lowest BCUT2D eigenvalue weighted by Gasteiger charge is -2.03. The number of rotatable bonds is 4. The van der Waals surface area contributed by atoms with Crippen molar-refractivity contribution >= 4 is 0 Å². The van der Waals surface area contributed by atoms with Gasteiger partial charge in [-0.3, -0.25) is 0 Å². The topological polar surface area (TPSA) is 43.0 Å². The number of nitrogens with one attached hydrogen (secondary N) is 1. The maximum absolute atomic E-state index is 4.98. The molecule has 4 nitrogen and oxygen atoms in total. The lowest BCUT2D eigenvalue weighted by atomic mass is 10.3. The van der Waals surface area contributed by atoms with E-state index in [4.69, 9.17) is 4.52 Å². The summed E-state index contributed by atoms with van der Waals surface area (Å²) in [5, 5.41) is 7.23. The third-order valence-corrected chi connectivity index (χ3v) is 2.34. The van der Waals surface area contributed by atoms with Gasteiger partial charge in [-0.2, -0.15) is 0 Å². The van der Waals surface area contributed by atoms with Crippen molar-refractivity contribution in [3.8, 4) is 0 Å². The molecule has 2 aromatic rings. The zero-order valence-electron chi connectivity index (χ0n) is 9.03. The van der Waals surface area contributed by atoms with E-state index < -0.39 is 0 Å². The molecule has 1 N–H and O–H groups in total. The highest BCUT2D eigenvalue weighted by atomic mass is 16.5. The first kappa shape index (κ1) is 9.98. The van der Waals surface area contributed by atoms with Crippen LogP contribution in [0.2, 0.25) is 0 Å². The minimum atomic E-state index is 0.739. The molecule has 0 radical (unpaired) electrons. The van der Waals surface area contributed by atoms with Crippen LogP contribution in [0.25, 0.3) is 0 Å². The van der Waals surface area contributed by atoms with Gasteiger partial charge in [0.05, 0.1) is 5.69 Å². The summed E-state index contributed by atoms with van der Waals surface area (Å²) in [5.41, 5.74) is 2.21. The number of aromatic nitrogens is 2. The van der Waals surface area contributed by atoms with Gasteiger partial charge in [0.25, 0.3) is 0 Å². The Kier molecular flexibility index (Phi) is 2.87. The van der Waals surface area contributed by atoms with Crippen LogP contribution in [0.1, 0.15) is 17.1 Å². The summed E-state index contributed by atoms with van der Waals surface area (Å²) in [4.78, 5) is 0. The quantitative estimate of drug-likeness (QED) is 0.824. The van der Waals surface area contributed by atoms with Crippen LogP contribution in [0, 0.1) is 6.92 Å². The fraction of sp³-hybridized carbons (Fsp3) is 0.364. The highest BCUT2D eigenvalue weighted by Crippen LogP contribution is 2.02. The van der Waals surface area contributed by atoms with Gasteiger partial charge in [-0.15, -0.1) is 0 Å². The van der Waals surface area contributed by atoms with E-state index in [1.807, 2.05) is 32.3 Å². The van der Waals surface area contributed by atoms with Crippen molar-refractivity contribution in [2.45, 2.75) is 20.0 Å². The fourth-order valence-electron chi connectivity index (χ4n) is 1.50. The molecular weight excluding hydrogens is 190 g/mol. The molecule has 0 aliphatic heterocycles. The smallest absolute Gasteiger partial charge is 0.133 e. The molecule has 0 saturated heterocycles. The van der Waals surface area contributed by atoms with E-state index in [2.05, 4.69) is 21.1 Å². The lowest BCUT2D eigenvalue weighted by Crippen LogP contribution is -2.14. The Labute approximate surface area is 88.9 Å². The van der Waals surface area contributed by atoms with E-state index in [0.717, 1.165) is 24.5 Å². The molecule has 2 heterocycles. The van der Waals surface area contributed by atoms with Crippen molar-refractivity contribution < 1.29 is 4.52 Å². The second-order valence-corrected chi connectivity index (χ2v) is 3.64. The van der Waals surface area contributed by atoms with Crippen LogP contribution in [0.5, 0.6) is 0 Å². The number of nitrogens with zero attached hydrogens (tertiary/aromatic N) is 2. The maximum atomic E-state index is 4.98. The van der Waals surface area contributed by atoms with Gasteiger partial charge in [0.1, 0.15) is 5.76 Å². The molecule has 0 fully saturated rings. The molecule has 15 heavy (non-hydrogen) atoms. The number of hydrogen-bond donors (Lipinski definition) is 1. The summed E-state index contributed by atoms with van der Waals surface area (Å²) >= 11 is 0. The van der Waals surface area contributed by atoms with Gasteiger partial charge >= 0.3 is 0 Å². The Morgan fingerprint density at radius 1 is 1.47 bits per heavy atom. The van der Waals surface area contributed by atoms with E-state index >= 15 is 0 Å². The zero-order valence-corrected chi connectivity index (χ0v) is 9.03. The standard InChI is InChI=1S/C11H15N3O/c1-9-6-10(13-15-9)7-12-8-11-4-3-5-14(11)2/h3-6,12H,7-8H2,1-2H3. The highest BCUT2D eigenvalue weighted by Gasteiger charge is 2.00.